The van der Waals surface area contributed by atoms with Crippen LogP contribution in [0.15, 0.2) is 102 Å². The van der Waals surface area contributed by atoms with Gasteiger partial charge in [0.05, 0.1) is 10.5 Å². The summed E-state index contributed by atoms with van der Waals surface area (Å²) in [6.07, 6.45) is 12.7. The highest BCUT2D eigenvalue weighted by Gasteiger charge is 2.37. The van der Waals surface area contributed by atoms with Crippen molar-refractivity contribution >= 4 is 29.5 Å². The number of hydrogen-bond acceptors (Lipinski definition) is 4. The van der Waals surface area contributed by atoms with E-state index in [9.17, 15) is 4.79 Å². The second kappa shape index (κ2) is 10.7. The largest absolute Gasteiger partial charge is 0.481 e. The van der Waals surface area contributed by atoms with Gasteiger partial charge in [-0.3, -0.25) is 4.79 Å². The van der Waals surface area contributed by atoms with Crippen molar-refractivity contribution in [3.63, 3.8) is 0 Å². The Morgan fingerprint density at radius 2 is 1.72 bits per heavy atom. The normalized spacial score (nSPS) is 13.7. The number of rotatable bonds is 10. The van der Waals surface area contributed by atoms with E-state index in [0.29, 0.717) is 0 Å². The number of imidazole rings is 1. The van der Waals surface area contributed by atoms with Crippen molar-refractivity contribution in [1.82, 2.24) is 9.55 Å². The average Bonchev–Trinajstić information content (AvgIpc) is 3.29. The molecular weight excluding hydrogens is 436 g/mol. The van der Waals surface area contributed by atoms with Crippen LogP contribution in [0.25, 0.3) is 0 Å². The minimum Gasteiger partial charge on any atom is -0.481 e. The SMILES string of the molecule is O=C(O)CSc1nccn1CCSC(C1=CCCC=C1)(c1ccccc1)c1ccccc1. The summed E-state index contributed by atoms with van der Waals surface area (Å²) in [5, 5.41) is 9.75. The summed E-state index contributed by atoms with van der Waals surface area (Å²) in [5.41, 5.74) is 3.84. The molecule has 6 heteroatoms. The Morgan fingerprint density at radius 1 is 1.03 bits per heavy atom. The summed E-state index contributed by atoms with van der Waals surface area (Å²) < 4.78 is 1.74. The van der Waals surface area contributed by atoms with Gasteiger partial charge >= 0.3 is 5.97 Å². The molecule has 4 rings (SSSR count). The molecule has 1 N–H and O–H groups in total. The van der Waals surface area contributed by atoms with Crippen molar-refractivity contribution in [3.05, 3.63) is 108 Å². The summed E-state index contributed by atoms with van der Waals surface area (Å²) in [7, 11) is 0. The minimum atomic E-state index is -0.831. The highest BCUT2D eigenvalue weighted by atomic mass is 32.2. The number of allylic oxidation sites excluding steroid dienone is 3. The minimum absolute atomic E-state index is 0.0137. The van der Waals surface area contributed by atoms with Crippen LogP contribution in [0, 0.1) is 0 Å². The van der Waals surface area contributed by atoms with Gasteiger partial charge in [-0.1, -0.05) is 90.7 Å². The van der Waals surface area contributed by atoms with Gasteiger partial charge in [0, 0.05) is 24.7 Å². The molecule has 0 fully saturated rings. The topological polar surface area (TPSA) is 55.1 Å². The molecule has 0 unspecified atom stereocenters. The highest BCUT2D eigenvalue weighted by molar-refractivity contribution is 8.00. The van der Waals surface area contributed by atoms with E-state index in [-0.39, 0.29) is 10.5 Å². The number of carboxylic acid groups (broad SMARTS) is 1. The lowest BCUT2D eigenvalue weighted by Gasteiger charge is -2.37. The zero-order valence-electron chi connectivity index (χ0n) is 17.8. The number of carboxylic acids is 1. The third-order valence-electron chi connectivity index (χ3n) is 5.41. The van der Waals surface area contributed by atoms with Crippen LogP contribution in [0.3, 0.4) is 0 Å². The molecule has 32 heavy (non-hydrogen) atoms. The molecule has 0 bridgehead atoms. The van der Waals surface area contributed by atoms with Crippen LogP contribution in [0.5, 0.6) is 0 Å². The summed E-state index contributed by atoms with van der Waals surface area (Å²) in [6, 6.07) is 21.4. The second-order valence-electron chi connectivity index (χ2n) is 7.49. The first-order chi connectivity index (χ1) is 15.7. The van der Waals surface area contributed by atoms with Crippen molar-refractivity contribution < 1.29 is 9.90 Å². The number of benzene rings is 2. The number of aliphatic carboxylic acids is 1. The lowest BCUT2D eigenvalue weighted by molar-refractivity contribution is -0.133. The van der Waals surface area contributed by atoms with Crippen LogP contribution in [-0.4, -0.2) is 32.1 Å². The standard InChI is InChI=1S/C26H26N2O2S2/c29-24(30)20-31-25-27-16-17-28(25)18-19-32-26(21-10-4-1-5-11-21,22-12-6-2-7-13-22)23-14-8-3-9-15-23/h1-2,4-8,10-17H,3,9,18-20H2,(H,29,30). The number of carbonyl (C=O) groups is 1. The molecule has 2 aromatic carbocycles. The number of aromatic nitrogens is 2. The summed E-state index contributed by atoms with van der Waals surface area (Å²) in [6.45, 7) is 0.755. The molecule has 0 radical (unpaired) electrons. The first-order valence-electron chi connectivity index (χ1n) is 10.7. The van der Waals surface area contributed by atoms with Crippen molar-refractivity contribution in [2.24, 2.45) is 0 Å². The first-order valence-corrected chi connectivity index (χ1v) is 12.6. The monoisotopic (exact) mass is 462 g/mol. The van der Waals surface area contributed by atoms with E-state index in [1.807, 2.05) is 22.5 Å². The number of nitrogens with zero attached hydrogens (tertiary/aromatic N) is 2. The van der Waals surface area contributed by atoms with Gasteiger partial charge in [-0.05, 0) is 29.5 Å². The molecule has 1 aliphatic rings. The van der Waals surface area contributed by atoms with Crippen LogP contribution in [0.4, 0.5) is 0 Å². The molecular formula is C26H26N2O2S2. The molecule has 164 valence electrons. The van der Waals surface area contributed by atoms with Gasteiger partial charge in [0.1, 0.15) is 0 Å². The number of thioether (sulfide) groups is 2. The molecule has 4 nitrogen and oxygen atoms in total. The van der Waals surface area contributed by atoms with Crippen LogP contribution in [-0.2, 0) is 16.1 Å². The second-order valence-corrected chi connectivity index (χ2v) is 9.74. The van der Waals surface area contributed by atoms with Crippen molar-refractivity contribution in [2.45, 2.75) is 29.3 Å². The van der Waals surface area contributed by atoms with Gasteiger partial charge in [-0.25, -0.2) is 4.98 Å². The smallest absolute Gasteiger partial charge is 0.313 e. The first kappa shape index (κ1) is 22.5. The van der Waals surface area contributed by atoms with Gasteiger partial charge in [0.15, 0.2) is 5.16 Å². The fraction of sp³-hybridized carbons (Fsp3) is 0.231. The molecule has 0 saturated heterocycles. The van der Waals surface area contributed by atoms with Crippen LogP contribution in [0.1, 0.15) is 24.0 Å². The highest BCUT2D eigenvalue weighted by Crippen LogP contribution is 2.50. The van der Waals surface area contributed by atoms with E-state index in [4.69, 9.17) is 5.11 Å². The van der Waals surface area contributed by atoms with Gasteiger partial charge < -0.3 is 9.67 Å². The number of hydrogen-bond donors (Lipinski definition) is 1. The maximum Gasteiger partial charge on any atom is 0.313 e. The molecule has 0 atom stereocenters. The maximum absolute atomic E-state index is 11.0. The van der Waals surface area contributed by atoms with Crippen molar-refractivity contribution in [1.29, 1.82) is 0 Å². The van der Waals surface area contributed by atoms with E-state index in [1.54, 1.807) is 6.20 Å². The Labute approximate surface area is 197 Å². The van der Waals surface area contributed by atoms with Crippen LogP contribution >= 0.6 is 23.5 Å². The van der Waals surface area contributed by atoms with Crippen molar-refractivity contribution in [3.8, 4) is 0 Å². The van der Waals surface area contributed by atoms with Crippen LogP contribution < -0.4 is 0 Å². The third-order valence-corrected chi connectivity index (χ3v) is 7.93. The van der Waals surface area contributed by atoms with Gasteiger partial charge in [-0.2, -0.15) is 0 Å². The molecule has 0 saturated carbocycles. The molecule has 1 aliphatic carbocycles. The molecule has 1 heterocycles. The molecule has 0 aliphatic heterocycles. The van der Waals surface area contributed by atoms with E-state index >= 15 is 0 Å². The Balaban J connectivity index is 1.66. The van der Waals surface area contributed by atoms with Crippen LogP contribution in [0.2, 0.25) is 0 Å². The van der Waals surface area contributed by atoms with E-state index in [0.717, 1.165) is 30.3 Å². The average molecular weight is 463 g/mol. The lowest BCUT2D eigenvalue weighted by atomic mass is 9.81. The number of aryl methyl sites for hydroxylation is 1. The predicted octanol–water partition coefficient (Wildman–Crippen LogP) is 6.01. The van der Waals surface area contributed by atoms with Gasteiger partial charge in [0.25, 0.3) is 0 Å². The fourth-order valence-corrected chi connectivity index (χ4v) is 6.22. The molecule has 0 spiro atoms. The Kier molecular flexibility index (Phi) is 7.55. The Hall–Kier alpha value is -2.70. The Morgan fingerprint density at radius 3 is 2.31 bits per heavy atom. The van der Waals surface area contributed by atoms with Gasteiger partial charge in [-0.15, -0.1) is 11.8 Å². The lowest BCUT2D eigenvalue weighted by Crippen LogP contribution is -2.27. The van der Waals surface area contributed by atoms with Crippen molar-refractivity contribution in [2.75, 3.05) is 11.5 Å². The van der Waals surface area contributed by atoms with Gasteiger partial charge in [0.2, 0.25) is 0 Å². The van der Waals surface area contributed by atoms with E-state index in [2.05, 4.69) is 83.9 Å². The van der Waals surface area contributed by atoms with E-state index in [1.165, 1.54) is 28.5 Å². The molecule has 3 aromatic rings. The fourth-order valence-electron chi connectivity index (χ4n) is 4.00. The zero-order chi connectivity index (χ0) is 22.2. The summed E-state index contributed by atoms with van der Waals surface area (Å²) in [5.74, 6) is 0.0355. The summed E-state index contributed by atoms with van der Waals surface area (Å²) >= 11 is 3.18. The summed E-state index contributed by atoms with van der Waals surface area (Å²) in [4.78, 5) is 15.3. The maximum atomic E-state index is 11.0. The molecule has 0 amide bonds. The zero-order valence-corrected chi connectivity index (χ0v) is 19.4. The molecule has 1 aromatic heterocycles. The van der Waals surface area contributed by atoms with E-state index < -0.39 is 5.97 Å². The Bertz CT molecular complexity index is 1050. The quantitative estimate of drug-likeness (QED) is 0.374. The third kappa shape index (κ3) is 5.03. The predicted molar refractivity (Wildman–Crippen MR) is 133 cm³/mol.